The van der Waals surface area contributed by atoms with Gasteiger partial charge in [-0.1, -0.05) is 60.4 Å². The predicted octanol–water partition coefficient (Wildman–Crippen LogP) is 4.57. The third-order valence-electron chi connectivity index (χ3n) is 4.14. The van der Waals surface area contributed by atoms with Crippen molar-refractivity contribution in [1.82, 2.24) is 4.90 Å². The number of hydrogen-bond acceptors (Lipinski definition) is 5. The Morgan fingerprint density at radius 1 is 1.17 bits per heavy atom. The van der Waals surface area contributed by atoms with E-state index < -0.39 is 0 Å². The van der Waals surface area contributed by atoms with E-state index in [1.165, 1.54) is 28.8 Å². The fourth-order valence-corrected chi connectivity index (χ4v) is 4.09. The first-order valence-electron chi connectivity index (χ1n) is 9.00. The number of allylic oxidation sites excluding steroid dienone is 2. The summed E-state index contributed by atoms with van der Waals surface area (Å²) >= 11 is 6.57. The molecule has 2 N–H and O–H groups in total. The van der Waals surface area contributed by atoms with Gasteiger partial charge in [-0.05, 0) is 48.4 Å². The summed E-state index contributed by atoms with van der Waals surface area (Å²) in [5.74, 6) is -0.281. The minimum Gasteiger partial charge on any atom is -0.508 e. The first-order chi connectivity index (χ1) is 13.9. The second-order valence-electron chi connectivity index (χ2n) is 6.48. The topological polar surface area (TPSA) is 69.6 Å². The van der Waals surface area contributed by atoms with E-state index in [1.807, 2.05) is 49.4 Å². The molecule has 0 unspecified atom stereocenters. The Kier molecular flexibility index (Phi) is 6.85. The number of anilines is 1. The summed E-state index contributed by atoms with van der Waals surface area (Å²) in [5.41, 5.74) is 2.59. The number of benzene rings is 2. The number of aromatic hydroxyl groups is 1. The molecule has 0 aliphatic carbocycles. The van der Waals surface area contributed by atoms with Crippen LogP contribution in [0.5, 0.6) is 5.75 Å². The highest BCUT2D eigenvalue weighted by molar-refractivity contribution is 8.26. The second kappa shape index (κ2) is 9.54. The number of carbonyl (C=O) groups excluding carboxylic acids is 2. The normalized spacial score (nSPS) is 15.8. The van der Waals surface area contributed by atoms with Crippen molar-refractivity contribution in [2.75, 3.05) is 11.9 Å². The van der Waals surface area contributed by atoms with Crippen LogP contribution < -0.4 is 5.32 Å². The third kappa shape index (κ3) is 5.79. The minimum atomic E-state index is -0.228. The molecule has 0 saturated carbocycles. The Labute approximate surface area is 179 Å². The fraction of sp³-hybridized carbons (Fsp3) is 0.136. The average Bonchev–Trinajstić information content (AvgIpc) is 2.95. The lowest BCUT2D eigenvalue weighted by atomic mass is 10.1. The fourth-order valence-electron chi connectivity index (χ4n) is 2.73. The minimum absolute atomic E-state index is 0.124. The molecule has 1 aliphatic heterocycles. The van der Waals surface area contributed by atoms with Crippen LogP contribution in [0.1, 0.15) is 18.9 Å². The summed E-state index contributed by atoms with van der Waals surface area (Å²) < 4.78 is 0.450. The van der Waals surface area contributed by atoms with Crippen molar-refractivity contribution < 1.29 is 14.7 Å². The number of amides is 2. The van der Waals surface area contributed by atoms with E-state index in [-0.39, 0.29) is 30.5 Å². The molecule has 29 heavy (non-hydrogen) atoms. The zero-order valence-corrected chi connectivity index (χ0v) is 17.4. The number of rotatable bonds is 6. The molecule has 148 valence electrons. The van der Waals surface area contributed by atoms with Gasteiger partial charge in [-0.25, -0.2) is 0 Å². The summed E-state index contributed by atoms with van der Waals surface area (Å²) in [4.78, 5) is 26.8. The van der Waals surface area contributed by atoms with Crippen LogP contribution in [-0.2, 0) is 9.59 Å². The standard InChI is InChI=1S/C22H20N2O3S2/c1-15(13-16-5-3-2-4-6-16)14-19-21(27)24(22(28)29-19)12-11-20(26)23-17-7-9-18(25)10-8-17/h2-10,13-14,25H,11-12H2,1H3,(H,23,26). The van der Waals surface area contributed by atoms with Crippen LogP contribution in [0.3, 0.4) is 0 Å². The third-order valence-corrected chi connectivity index (χ3v) is 5.52. The number of carbonyl (C=O) groups is 2. The molecule has 2 aromatic carbocycles. The number of phenols is 1. The number of phenolic OH excluding ortho intramolecular Hbond substituents is 1. The predicted molar refractivity (Wildman–Crippen MR) is 121 cm³/mol. The van der Waals surface area contributed by atoms with Crippen LogP contribution in [0.15, 0.2) is 71.2 Å². The van der Waals surface area contributed by atoms with E-state index in [0.29, 0.717) is 14.9 Å². The summed E-state index contributed by atoms with van der Waals surface area (Å²) in [5, 5.41) is 12.0. The molecular weight excluding hydrogens is 404 g/mol. The van der Waals surface area contributed by atoms with E-state index >= 15 is 0 Å². The van der Waals surface area contributed by atoms with Crippen LogP contribution >= 0.6 is 24.0 Å². The molecule has 0 radical (unpaired) electrons. The lowest BCUT2D eigenvalue weighted by Crippen LogP contribution is -2.31. The largest absolute Gasteiger partial charge is 0.508 e. The van der Waals surface area contributed by atoms with Crippen LogP contribution in [-0.4, -0.2) is 32.7 Å². The van der Waals surface area contributed by atoms with E-state index in [9.17, 15) is 14.7 Å². The van der Waals surface area contributed by atoms with E-state index in [2.05, 4.69) is 5.32 Å². The Morgan fingerprint density at radius 3 is 2.55 bits per heavy atom. The smallest absolute Gasteiger partial charge is 0.266 e. The molecule has 5 nitrogen and oxygen atoms in total. The van der Waals surface area contributed by atoms with E-state index in [0.717, 1.165) is 11.1 Å². The first kappa shape index (κ1) is 20.8. The van der Waals surface area contributed by atoms with Crippen molar-refractivity contribution in [2.45, 2.75) is 13.3 Å². The molecule has 1 heterocycles. The van der Waals surface area contributed by atoms with Crippen molar-refractivity contribution in [3.05, 3.63) is 76.7 Å². The van der Waals surface area contributed by atoms with E-state index in [1.54, 1.807) is 12.1 Å². The lowest BCUT2D eigenvalue weighted by molar-refractivity contribution is -0.122. The average molecular weight is 425 g/mol. The molecular formula is C22H20N2O3S2. The maximum atomic E-state index is 12.7. The van der Waals surface area contributed by atoms with Gasteiger partial charge < -0.3 is 10.4 Å². The van der Waals surface area contributed by atoms with Gasteiger partial charge in [-0.3, -0.25) is 14.5 Å². The van der Waals surface area contributed by atoms with Gasteiger partial charge in [0, 0.05) is 18.7 Å². The van der Waals surface area contributed by atoms with Gasteiger partial charge in [-0.15, -0.1) is 0 Å². The lowest BCUT2D eigenvalue weighted by Gasteiger charge is -2.14. The number of nitrogens with one attached hydrogen (secondary N) is 1. The van der Waals surface area contributed by atoms with Gasteiger partial charge >= 0.3 is 0 Å². The molecule has 1 aliphatic rings. The maximum Gasteiger partial charge on any atom is 0.266 e. The zero-order valence-electron chi connectivity index (χ0n) is 15.8. The van der Waals surface area contributed by atoms with Gasteiger partial charge in [0.1, 0.15) is 10.1 Å². The molecule has 1 saturated heterocycles. The maximum absolute atomic E-state index is 12.7. The van der Waals surface area contributed by atoms with Gasteiger partial charge in [0.2, 0.25) is 5.91 Å². The molecule has 0 bridgehead atoms. The summed E-state index contributed by atoms with van der Waals surface area (Å²) in [6.07, 6.45) is 3.94. The Bertz CT molecular complexity index is 983. The molecule has 0 spiro atoms. The first-order valence-corrected chi connectivity index (χ1v) is 10.2. The Hall–Kier alpha value is -2.90. The SMILES string of the molecule is CC(=Cc1ccccc1)C=C1SC(=S)N(CCC(=O)Nc2ccc(O)cc2)C1=O. The molecule has 1 fully saturated rings. The van der Waals surface area contributed by atoms with Gasteiger partial charge in [0.25, 0.3) is 5.91 Å². The van der Waals surface area contributed by atoms with Gasteiger partial charge in [0.15, 0.2) is 0 Å². The van der Waals surface area contributed by atoms with Crippen LogP contribution in [0, 0.1) is 0 Å². The summed E-state index contributed by atoms with van der Waals surface area (Å²) in [7, 11) is 0. The number of thiocarbonyl (C=S) groups is 1. The van der Waals surface area contributed by atoms with Crippen LogP contribution in [0.4, 0.5) is 5.69 Å². The highest BCUT2D eigenvalue weighted by atomic mass is 32.2. The van der Waals surface area contributed by atoms with Crippen molar-refractivity contribution >= 4 is 51.9 Å². The molecule has 0 aromatic heterocycles. The van der Waals surface area contributed by atoms with Crippen LogP contribution in [0.2, 0.25) is 0 Å². The highest BCUT2D eigenvalue weighted by Crippen LogP contribution is 2.32. The van der Waals surface area contributed by atoms with Crippen molar-refractivity contribution in [2.24, 2.45) is 0 Å². The van der Waals surface area contributed by atoms with Gasteiger partial charge in [-0.2, -0.15) is 0 Å². The highest BCUT2D eigenvalue weighted by Gasteiger charge is 2.32. The number of hydrogen-bond donors (Lipinski definition) is 2. The summed E-state index contributed by atoms with van der Waals surface area (Å²) in [6, 6.07) is 16.1. The zero-order chi connectivity index (χ0) is 20.8. The second-order valence-corrected chi connectivity index (χ2v) is 8.15. The monoisotopic (exact) mass is 424 g/mol. The quantitative estimate of drug-likeness (QED) is 0.404. The van der Waals surface area contributed by atoms with Crippen molar-refractivity contribution in [1.29, 1.82) is 0 Å². The number of thioether (sulfide) groups is 1. The van der Waals surface area contributed by atoms with Crippen molar-refractivity contribution in [3.8, 4) is 5.75 Å². The van der Waals surface area contributed by atoms with Crippen LogP contribution in [0.25, 0.3) is 6.08 Å². The molecule has 2 aromatic rings. The van der Waals surface area contributed by atoms with Crippen molar-refractivity contribution in [3.63, 3.8) is 0 Å². The molecule has 2 amide bonds. The van der Waals surface area contributed by atoms with Gasteiger partial charge in [0.05, 0.1) is 4.91 Å². The molecule has 7 heteroatoms. The summed E-state index contributed by atoms with van der Waals surface area (Å²) in [6.45, 7) is 2.15. The molecule has 0 atom stereocenters. The Morgan fingerprint density at radius 2 is 1.86 bits per heavy atom. The Balaban J connectivity index is 1.59. The molecule has 3 rings (SSSR count). The number of nitrogens with zero attached hydrogens (tertiary/aromatic N) is 1. The van der Waals surface area contributed by atoms with E-state index in [4.69, 9.17) is 12.2 Å².